The van der Waals surface area contributed by atoms with Crippen LogP contribution >= 0.6 is 0 Å². The summed E-state index contributed by atoms with van der Waals surface area (Å²) in [6, 6.07) is 18.3. The number of ketones is 2. The lowest BCUT2D eigenvalue weighted by atomic mass is 9.77. The summed E-state index contributed by atoms with van der Waals surface area (Å²) in [5.74, 6) is -6.75. The zero-order valence-electron chi connectivity index (χ0n) is 31.0. The van der Waals surface area contributed by atoms with E-state index in [0.29, 0.717) is 24.0 Å². The number of carbonyl (C=O) groups is 3. The Morgan fingerprint density at radius 2 is 1.63 bits per heavy atom. The van der Waals surface area contributed by atoms with E-state index in [1.807, 2.05) is 6.07 Å². The van der Waals surface area contributed by atoms with Gasteiger partial charge in [-0.1, -0.05) is 73.5 Å². The fourth-order valence-electron chi connectivity index (χ4n) is 8.03. The molecule has 14 nitrogen and oxygen atoms in total. The van der Waals surface area contributed by atoms with Gasteiger partial charge in [-0.15, -0.1) is 0 Å². The fraction of sp³-hybridized carbons (Fsp3) is 0.326. The number of benzene rings is 4. The van der Waals surface area contributed by atoms with Crippen molar-refractivity contribution in [3.8, 4) is 17.2 Å². The van der Waals surface area contributed by atoms with Crippen LogP contribution in [0.4, 0.5) is 0 Å². The van der Waals surface area contributed by atoms with E-state index in [1.165, 1.54) is 18.2 Å². The van der Waals surface area contributed by atoms with Gasteiger partial charge >= 0.3 is 5.97 Å². The van der Waals surface area contributed by atoms with Crippen LogP contribution in [0.25, 0.3) is 12.2 Å². The highest BCUT2D eigenvalue weighted by Crippen LogP contribution is 2.46. The van der Waals surface area contributed by atoms with E-state index in [2.05, 4.69) is 0 Å². The quantitative estimate of drug-likeness (QED) is 0.0439. The Hall–Kier alpha value is -5.29. The van der Waals surface area contributed by atoms with E-state index in [9.17, 15) is 45.0 Å². The van der Waals surface area contributed by atoms with Gasteiger partial charge in [-0.2, -0.15) is 0 Å². The van der Waals surface area contributed by atoms with E-state index < -0.39 is 72.0 Å². The summed E-state index contributed by atoms with van der Waals surface area (Å²) in [5, 5.41) is 66.6. The Bertz CT molecular complexity index is 2250. The molecule has 1 aliphatic heterocycles. The summed E-state index contributed by atoms with van der Waals surface area (Å²) in [4.78, 5) is 41.7. The summed E-state index contributed by atoms with van der Waals surface area (Å²) < 4.78 is 17.8. The minimum Gasteiger partial charge on any atom is -0.507 e. The number of hydrogen-bond donors (Lipinski definition) is 8. The van der Waals surface area contributed by atoms with E-state index in [1.54, 1.807) is 54.6 Å². The number of phenolic OH excluding ortho intramolecular Hbond substituents is 1. The van der Waals surface area contributed by atoms with Crippen molar-refractivity contribution in [3.63, 3.8) is 0 Å². The molecular formula is C43H44N2O12. The molecule has 7 rings (SSSR count). The molecule has 14 heteroatoms. The first kappa shape index (κ1) is 39.9. The number of ether oxygens (including phenoxy) is 3. The van der Waals surface area contributed by atoms with Gasteiger partial charge < -0.3 is 56.3 Å². The Morgan fingerprint density at radius 1 is 0.912 bits per heavy atom. The first-order chi connectivity index (χ1) is 27.2. The standard InChI is InChI=1S/C43H44N2O12/c1-21(47)55-30-18-26(20-46)32-33(27(30)15-14-22-8-3-2-4-9-22)36(49)29-19-31(56-42-40(52)43(53,54)39(51)38(57-42)24-11-5-6-12-24)28(35(48)34(29)37(32)50)17-23-10-7-13-25(16-23)41(44)45/h2-4,7-10,13-16,18-19,24,38-42,46,48,51-54H,5-6,11-12,17,20,44-45H2,1H3/b15-14+/t38-,39+,40-,42-/m0/s1. The maximum atomic E-state index is 14.8. The predicted molar refractivity (Wildman–Crippen MR) is 205 cm³/mol. The molecule has 0 bridgehead atoms. The minimum atomic E-state index is -3.07. The van der Waals surface area contributed by atoms with Crippen LogP contribution in [-0.2, 0) is 22.6 Å². The SMILES string of the molecule is CC(=O)Oc1cc(CO)c2c(c1/C=C/c1ccccc1)C(=O)c1cc(O[C@H]3O[C@@H](C4CCCC4)[C@@H](O)C(O)(O)[C@H]3O)c(Cc3cccc(C(N)N)c3)c(O)c1C2=O. The molecule has 1 heterocycles. The number of phenols is 1. The van der Waals surface area contributed by atoms with Gasteiger partial charge in [-0.05, 0) is 59.2 Å². The molecule has 57 heavy (non-hydrogen) atoms. The molecule has 3 aliphatic rings. The zero-order chi connectivity index (χ0) is 40.8. The largest absolute Gasteiger partial charge is 0.507 e. The smallest absolute Gasteiger partial charge is 0.308 e. The molecule has 0 aromatic heterocycles. The molecule has 10 N–H and O–H groups in total. The van der Waals surface area contributed by atoms with Gasteiger partial charge in [0.1, 0.15) is 23.4 Å². The lowest BCUT2D eigenvalue weighted by Gasteiger charge is -2.46. The number of esters is 1. The Balaban J connectivity index is 1.41. The first-order valence-corrected chi connectivity index (χ1v) is 18.6. The highest BCUT2D eigenvalue weighted by atomic mass is 16.7. The van der Waals surface area contributed by atoms with Crippen LogP contribution in [-0.4, -0.2) is 78.6 Å². The number of aliphatic hydroxyl groups excluding tert-OH is 3. The average molecular weight is 781 g/mol. The van der Waals surface area contributed by atoms with Crippen LogP contribution in [0.5, 0.6) is 17.2 Å². The number of carbonyl (C=O) groups excluding carboxylic acids is 3. The maximum absolute atomic E-state index is 14.8. The predicted octanol–water partition coefficient (Wildman–Crippen LogP) is 2.96. The fourth-order valence-corrected chi connectivity index (χ4v) is 8.03. The normalized spacial score (nSPS) is 21.8. The van der Waals surface area contributed by atoms with Gasteiger partial charge in [-0.3, -0.25) is 14.4 Å². The van der Waals surface area contributed by atoms with Crippen molar-refractivity contribution in [1.82, 2.24) is 0 Å². The third-order valence-electron chi connectivity index (χ3n) is 10.9. The Labute approximate surface area is 327 Å². The second kappa shape index (κ2) is 15.9. The van der Waals surface area contributed by atoms with Crippen molar-refractivity contribution in [1.29, 1.82) is 0 Å². The lowest BCUT2D eigenvalue weighted by molar-refractivity contribution is -0.379. The number of rotatable bonds is 10. The van der Waals surface area contributed by atoms with Crippen molar-refractivity contribution in [3.05, 3.63) is 122 Å². The third kappa shape index (κ3) is 7.49. The molecule has 2 fully saturated rings. The molecule has 298 valence electrons. The first-order valence-electron chi connectivity index (χ1n) is 18.6. The minimum absolute atomic E-state index is 0.0366. The molecule has 0 radical (unpaired) electrons. The molecular weight excluding hydrogens is 736 g/mol. The van der Waals surface area contributed by atoms with Gasteiger partial charge in [0.2, 0.25) is 12.1 Å². The number of aromatic hydroxyl groups is 1. The van der Waals surface area contributed by atoms with Crippen molar-refractivity contribution >= 4 is 29.7 Å². The van der Waals surface area contributed by atoms with Crippen molar-refractivity contribution < 1.29 is 59.2 Å². The van der Waals surface area contributed by atoms with Crippen molar-refractivity contribution in [2.45, 2.75) is 82.2 Å². The lowest BCUT2D eigenvalue weighted by Crippen LogP contribution is -2.68. The molecule has 4 aromatic carbocycles. The molecule has 4 aromatic rings. The molecule has 1 saturated heterocycles. The van der Waals surface area contributed by atoms with Gasteiger partial charge in [0.15, 0.2) is 17.7 Å². The van der Waals surface area contributed by atoms with E-state index in [4.69, 9.17) is 25.7 Å². The number of hydrogen-bond acceptors (Lipinski definition) is 14. The molecule has 0 unspecified atom stereocenters. The van der Waals surface area contributed by atoms with Gasteiger partial charge in [0, 0.05) is 41.2 Å². The van der Waals surface area contributed by atoms with Gasteiger partial charge in [0.05, 0.1) is 24.4 Å². The van der Waals surface area contributed by atoms with Crippen molar-refractivity contribution in [2.24, 2.45) is 17.4 Å². The van der Waals surface area contributed by atoms with Gasteiger partial charge in [-0.25, -0.2) is 0 Å². The van der Waals surface area contributed by atoms with Crippen LogP contribution in [0.2, 0.25) is 0 Å². The second-order valence-electron chi connectivity index (χ2n) is 14.7. The second-order valence-corrected chi connectivity index (χ2v) is 14.7. The van der Waals surface area contributed by atoms with Crippen LogP contribution in [0.15, 0.2) is 66.7 Å². The van der Waals surface area contributed by atoms with E-state index in [-0.39, 0.29) is 57.2 Å². The maximum Gasteiger partial charge on any atom is 0.308 e. The highest BCUT2D eigenvalue weighted by Gasteiger charge is 2.57. The van der Waals surface area contributed by atoms with Crippen LogP contribution in [0.3, 0.4) is 0 Å². The summed E-state index contributed by atoms with van der Waals surface area (Å²) in [6.45, 7) is 0.431. The van der Waals surface area contributed by atoms with Crippen LogP contribution in [0.1, 0.15) is 104 Å². The molecule has 0 spiro atoms. The molecule has 2 aliphatic carbocycles. The van der Waals surface area contributed by atoms with E-state index in [0.717, 1.165) is 25.3 Å². The summed E-state index contributed by atoms with van der Waals surface area (Å²) in [7, 11) is 0. The number of fused-ring (bicyclic) bond motifs is 2. The summed E-state index contributed by atoms with van der Waals surface area (Å²) >= 11 is 0. The summed E-state index contributed by atoms with van der Waals surface area (Å²) in [5.41, 5.74) is 12.5. The summed E-state index contributed by atoms with van der Waals surface area (Å²) in [6.07, 6.45) is -2.07. The number of nitrogens with two attached hydrogens (primary N) is 2. The van der Waals surface area contributed by atoms with Gasteiger partial charge in [0.25, 0.3) is 0 Å². The zero-order valence-corrected chi connectivity index (χ0v) is 31.0. The monoisotopic (exact) mass is 780 g/mol. The average Bonchev–Trinajstić information content (AvgIpc) is 3.73. The van der Waals surface area contributed by atoms with Crippen molar-refractivity contribution in [2.75, 3.05) is 0 Å². The Kier molecular flexibility index (Phi) is 11.2. The number of aliphatic hydroxyl groups is 5. The molecule has 4 atom stereocenters. The van der Waals surface area contributed by atoms with Crippen LogP contribution in [0, 0.1) is 5.92 Å². The molecule has 0 amide bonds. The third-order valence-corrected chi connectivity index (χ3v) is 10.9. The highest BCUT2D eigenvalue weighted by molar-refractivity contribution is 6.31. The van der Waals surface area contributed by atoms with Crippen LogP contribution < -0.4 is 20.9 Å². The topological polar surface area (TPSA) is 252 Å². The molecule has 1 saturated carbocycles. The van der Waals surface area contributed by atoms with E-state index >= 15 is 0 Å². The Morgan fingerprint density at radius 3 is 2.30 bits per heavy atom.